The molecule has 0 fully saturated rings. The average Bonchev–Trinajstić information content (AvgIpc) is 3.16. The fourth-order valence-electron chi connectivity index (χ4n) is 4.09. The molecule has 0 aliphatic heterocycles. The van der Waals surface area contributed by atoms with Crippen LogP contribution in [0.4, 0.5) is 0 Å². The predicted octanol–water partition coefficient (Wildman–Crippen LogP) is 3.06. The van der Waals surface area contributed by atoms with Gasteiger partial charge in [0.05, 0.1) is 38.2 Å². The summed E-state index contributed by atoms with van der Waals surface area (Å²) < 4.78 is 10.6. The number of benzene rings is 2. The van der Waals surface area contributed by atoms with Crippen molar-refractivity contribution >= 4 is 10.9 Å². The molecule has 0 bridgehead atoms. The molecule has 1 atom stereocenters. The smallest absolute Gasteiger partial charge is 0.258 e. The Morgan fingerprint density at radius 1 is 1.24 bits per heavy atom. The summed E-state index contributed by atoms with van der Waals surface area (Å²) in [5, 5.41) is 0.459. The lowest BCUT2D eigenvalue weighted by atomic mass is 10.1. The third kappa shape index (κ3) is 3.57. The highest BCUT2D eigenvalue weighted by Crippen LogP contribution is 2.36. The van der Waals surface area contributed by atoms with Gasteiger partial charge in [0, 0.05) is 12.1 Å². The van der Waals surface area contributed by atoms with Gasteiger partial charge < -0.3 is 14.5 Å². The topological polar surface area (TPSA) is 67.5 Å². The van der Waals surface area contributed by atoms with E-state index in [9.17, 15) is 4.79 Å². The second kappa shape index (κ2) is 7.98. The molecule has 0 saturated heterocycles. The highest BCUT2D eigenvalue weighted by molar-refractivity contribution is 5.81. The SMILES string of the molecule is C#CCN(Cc1nc2cc(OC)c(OC)cc2c(=O)[nH]1)[C@H]1CCc2ccccc21. The third-order valence-electron chi connectivity index (χ3n) is 5.45. The number of aromatic nitrogens is 2. The lowest BCUT2D eigenvalue weighted by molar-refractivity contribution is 0.208. The van der Waals surface area contributed by atoms with E-state index in [4.69, 9.17) is 15.9 Å². The van der Waals surface area contributed by atoms with Gasteiger partial charge in [0.2, 0.25) is 0 Å². The quantitative estimate of drug-likeness (QED) is 0.657. The number of fused-ring (bicyclic) bond motifs is 2. The van der Waals surface area contributed by atoms with E-state index in [-0.39, 0.29) is 11.6 Å². The van der Waals surface area contributed by atoms with E-state index in [0.717, 1.165) is 12.8 Å². The van der Waals surface area contributed by atoms with Crippen LogP contribution in [0.25, 0.3) is 10.9 Å². The summed E-state index contributed by atoms with van der Waals surface area (Å²) in [5.74, 6) is 4.36. The second-order valence-electron chi connectivity index (χ2n) is 7.10. The summed E-state index contributed by atoms with van der Waals surface area (Å²) in [6, 6.07) is 12.0. The van der Waals surface area contributed by atoms with Crippen LogP contribution in [-0.4, -0.2) is 35.6 Å². The van der Waals surface area contributed by atoms with Gasteiger partial charge in [-0.3, -0.25) is 9.69 Å². The Bertz CT molecular complexity index is 1150. The van der Waals surface area contributed by atoms with Crippen LogP contribution >= 0.6 is 0 Å². The molecule has 3 aromatic rings. The van der Waals surface area contributed by atoms with E-state index in [2.05, 4.69) is 45.1 Å². The number of hydrogen-bond acceptors (Lipinski definition) is 5. The van der Waals surface area contributed by atoms with Crippen molar-refractivity contribution in [2.75, 3.05) is 20.8 Å². The van der Waals surface area contributed by atoms with E-state index < -0.39 is 0 Å². The van der Waals surface area contributed by atoms with Crippen LogP contribution in [0.5, 0.6) is 11.5 Å². The summed E-state index contributed by atoms with van der Waals surface area (Å²) in [6.45, 7) is 0.940. The van der Waals surface area contributed by atoms with Crippen molar-refractivity contribution in [3.8, 4) is 23.8 Å². The molecule has 148 valence electrons. The van der Waals surface area contributed by atoms with Crippen molar-refractivity contribution in [3.05, 3.63) is 63.7 Å². The van der Waals surface area contributed by atoms with Gasteiger partial charge in [0.25, 0.3) is 5.56 Å². The average molecular weight is 389 g/mol. The largest absolute Gasteiger partial charge is 0.493 e. The van der Waals surface area contributed by atoms with Crippen molar-refractivity contribution in [1.29, 1.82) is 0 Å². The fourth-order valence-corrected chi connectivity index (χ4v) is 4.09. The number of ether oxygens (including phenoxy) is 2. The summed E-state index contributed by atoms with van der Waals surface area (Å²) in [4.78, 5) is 22.4. The van der Waals surface area contributed by atoms with Gasteiger partial charge in [-0.25, -0.2) is 4.98 Å². The van der Waals surface area contributed by atoms with Crippen LogP contribution in [0.2, 0.25) is 0 Å². The number of hydrogen-bond donors (Lipinski definition) is 1. The highest BCUT2D eigenvalue weighted by atomic mass is 16.5. The Kier molecular flexibility index (Phi) is 5.24. The summed E-state index contributed by atoms with van der Waals surface area (Å²) >= 11 is 0. The van der Waals surface area contributed by atoms with Crippen molar-refractivity contribution in [3.63, 3.8) is 0 Å². The maximum Gasteiger partial charge on any atom is 0.258 e. The van der Waals surface area contributed by atoms with Crippen molar-refractivity contribution in [1.82, 2.24) is 14.9 Å². The molecule has 1 aromatic heterocycles. The Morgan fingerprint density at radius 2 is 2.00 bits per heavy atom. The first-order valence-corrected chi connectivity index (χ1v) is 9.55. The zero-order chi connectivity index (χ0) is 20.4. The van der Waals surface area contributed by atoms with Crippen molar-refractivity contribution < 1.29 is 9.47 Å². The van der Waals surface area contributed by atoms with Crippen LogP contribution in [-0.2, 0) is 13.0 Å². The van der Waals surface area contributed by atoms with Gasteiger partial charge in [-0.1, -0.05) is 30.2 Å². The maximum absolute atomic E-state index is 12.7. The Balaban J connectivity index is 1.70. The molecule has 0 spiro atoms. The Hall–Kier alpha value is -3.30. The second-order valence-corrected chi connectivity index (χ2v) is 7.10. The first kappa shape index (κ1) is 19.0. The number of nitrogens with one attached hydrogen (secondary N) is 1. The number of nitrogens with zero attached hydrogens (tertiary/aromatic N) is 2. The molecule has 1 heterocycles. The summed E-state index contributed by atoms with van der Waals surface area (Å²) in [7, 11) is 3.10. The molecule has 1 aliphatic rings. The van der Waals surface area contributed by atoms with Gasteiger partial charge in [-0.2, -0.15) is 0 Å². The predicted molar refractivity (Wildman–Crippen MR) is 112 cm³/mol. The maximum atomic E-state index is 12.7. The number of H-pyrrole nitrogens is 1. The molecular formula is C23H23N3O3. The number of terminal acetylenes is 1. The molecule has 0 saturated carbocycles. The van der Waals surface area contributed by atoms with Crippen LogP contribution in [0.3, 0.4) is 0 Å². The van der Waals surface area contributed by atoms with E-state index in [1.807, 2.05) is 0 Å². The first-order chi connectivity index (χ1) is 14.1. The summed E-state index contributed by atoms with van der Waals surface area (Å²) in [5.41, 5.74) is 3.01. The standard InChI is InChI=1S/C23H23N3O3/c1-4-11-26(19-10-9-15-7-5-6-8-16(15)19)14-22-24-18-13-21(29-3)20(28-2)12-17(18)23(27)25-22/h1,5-8,12-13,19H,9-11,14H2,2-3H3,(H,24,25,27)/t19-/m0/s1. The minimum atomic E-state index is -0.210. The number of aromatic amines is 1. The van der Waals surface area contributed by atoms with Crippen molar-refractivity contribution in [2.24, 2.45) is 0 Å². The van der Waals surface area contributed by atoms with E-state index >= 15 is 0 Å². The van der Waals surface area contributed by atoms with E-state index in [0.29, 0.717) is 41.3 Å². The van der Waals surface area contributed by atoms with Crippen LogP contribution in [0, 0.1) is 12.3 Å². The zero-order valence-electron chi connectivity index (χ0n) is 16.6. The molecule has 0 unspecified atom stereocenters. The Labute approximate surface area is 169 Å². The number of methoxy groups -OCH3 is 2. The molecule has 4 rings (SSSR count). The highest BCUT2D eigenvalue weighted by Gasteiger charge is 2.28. The molecule has 1 aliphatic carbocycles. The fraction of sp³-hybridized carbons (Fsp3) is 0.304. The third-order valence-corrected chi connectivity index (χ3v) is 5.45. The van der Waals surface area contributed by atoms with Gasteiger partial charge in [0.15, 0.2) is 11.5 Å². The van der Waals surface area contributed by atoms with Gasteiger partial charge >= 0.3 is 0 Å². The minimum absolute atomic E-state index is 0.210. The van der Waals surface area contributed by atoms with Gasteiger partial charge in [-0.15, -0.1) is 6.42 Å². The molecular weight excluding hydrogens is 366 g/mol. The lowest BCUT2D eigenvalue weighted by Crippen LogP contribution is -2.29. The van der Waals surface area contributed by atoms with Crippen molar-refractivity contribution in [2.45, 2.75) is 25.4 Å². The Morgan fingerprint density at radius 3 is 2.76 bits per heavy atom. The van der Waals surface area contributed by atoms with Crippen LogP contribution in [0.1, 0.15) is 29.4 Å². The van der Waals surface area contributed by atoms with E-state index in [1.165, 1.54) is 18.2 Å². The van der Waals surface area contributed by atoms with Crippen LogP contribution in [0.15, 0.2) is 41.2 Å². The molecule has 6 nitrogen and oxygen atoms in total. The number of aryl methyl sites for hydroxylation is 1. The van der Waals surface area contributed by atoms with Crippen LogP contribution < -0.4 is 15.0 Å². The molecule has 1 N–H and O–H groups in total. The molecule has 6 heteroatoms. The summed E-state index contributed by atoms with van der Waals surface area (Å²) in [6.07, 6.45) is 7.68. The molecule has 29 heavy (non-hydrogen) atoms. The molecule has 0 radical (unpaired) electrons. The first-order valence-electron chi connectivity index (χ1n) is 9.55. The van der Waals surface area contributed by atoms with Gasteiger partial charge in [0.1, 0.15) is 5.82 Å². The minimum Gasteiger partial charge on any atom is -0.493 e. The zero-order valence-corrected chi connectivity index (χ0v) is 16.6. The molecule has 2 aromatic carbocycles. The number of rotatable bonds is 6. The van der Waals surface area contributed by atoms with E-state index in [1.54, 1.807) is 19.2 Å². The lowest BCUT2D eigenvalue weighted by Gasteiger charge is -2.27. The monoisotopic (exact) mass is 389 g/mol. The normalized spacial score (nSPS) is 15.3. The molecule has 0 amide bonds. The van der Waals surface area contributed by atoms with Gasteiger partial charge in [-0.05, 0) is 30.0 Å².